The van der Waals surface area contributed by atoms with Crippen molar-refractivity contribution < 1.29 is 19.1 Å². The monoisotopic (exact) mass is 468 g/mol. The normalized spacial score (nSPS) is 16.5. The van der Waals surface area contributed by atoms with Crippen molar-refractivity contribution in [1.82, 2.24) is 14.8 Å². The molecule has 3 heterocycles. The minimum Gasteiger partial charge on any atom is -0.490 e. The van der Waals surface area contributed by atoms with Gasteiger partial charge >= 0.3 is 0 Å². The van der Waals surface area contributed by atoms with Gasteiger partial charge in [-0.2, -0.15) is 0 Å². The number of nitrogens with zero attached hydrogens (tertiary/aromatic N) is 2. The van der Waals surface area contributed by atoms with E-state index in [2.05, 4.69) is 10.3 Å². The number of aromatic amines is 1. The summed E-state index contributed by atoms with van der Waals surface area (Å²) in [5, 5.41) is 4.29. The number of carbonyl (C=O) groups excluding carboxylic acids is 2. The third-order valence-corrected chi connectivity index (χ3v) is 6.21. The Hall–Kier alpha value is -3.23. The predicted octanol–water partition coefficient (Wildman–Crippen LogP) is 3.38. The van der Waals surface area contributed by atoms with E-state index in [4.69, 9.17) is 21.1 Å². The van der Waals surface area contributed by atoms with Crippen molar-refractivity contribution in [3.05, 3.63) is 53.2 Å². The van der Waals surface area contributed by atoms with Gasteiger partial charge in [0.25, 0.3) is 5.91 Å². The van der Waals surface area contributed by atoms with Gasteiger partial charge in [0.15, 0.2) is 11.5 Å². The smallest absolute Gasteiger partial charge is 0.270 e. The second-order valence-electron chi connectivity index (χ2n) is 8.22. The number of hydrogen-bond donors (Lipinski definition) is 2. The standard InChI is InChI=1S/C24H25ClN4O4/c25-17-13-21-22(33-11-3-10-32-21)14-19(17)27-23(30)15-28-6-8-29(9-7-28)24(31)20-12-16-4-1-2-5-18(16)26-20/h1-2,4-5,12-14,26H,3,6-11,15H2,(H,27,30). The van der Waals surface area contributed by atoms with Gasteiger partial charge in [-0.05, 0) is 12.1 Å². The Bertz CT molecular complexity index is 1150. The van der Waals surface area contributed by atoms with E-state index in [0.717, 1.165) is 17.3 Å². The molecule has 0 radical (unpaired) electrons. The molecular formula is C24H25ClN4O4. The summed E-state index contributed by atoms with van der Waals surface area (Å²) in [7, 11) is 0. The lowest BCUT2D eigenvalue weighted by Crippen LogP contribution is -2.50. The zero-order valence-electron chi connectivity index (χ0n) is 18.1. The minimum absolute atomic E-state index is 0.0192. The highest BCUT2D eigenvalue weighted by molar-refractivity contribution is 6.34. The molecule has 9 heteroatoms. The maximum absolute atomic E-state index is 12.9. The van der Waals surface area contributed by atoms with Crippen LogP contribution in [0.4, 0.5) is 5.69 Å². The van der Waals surface area contributed by atoms with E-state index in [1.54, 1.807) is 12.1 Å². The van der Waals surface area contributed by atoms with Crippen LogP contribution in [0.2, 0.25) is 5.02 Å². The molecule has 2 aliphatic rings. The van der Waals surface area contributed by atoms with Crippen LogP contribution in [-0.4, -0.2) is 72.5 Å². The molecule has 0 saturated carbocycles. The summed E-state index contributed by atoms with van der Waals surface area (Å²) in [4.78, 5) is 32.6. The van der Waals surface area contributed by atoms with Gasteiger partial charge in [0.05, 0.1) is 30.5 Å². The number of nitrogens with one attached hydrogen (secondary N) is 2. The van der Waals surface area contributed by atoms with Crippen LogP contribution in [0, 0.1) is 0 Å². The van der Waals surface area contributed by atoms with E-state index in [1.807, 2.05) is 40.1 Å². The lowest BCUT2D eigenvalue weighted by Gasteiger charge is -2.34. The summed E-state index contributed by atoms with van der Waals surface area (Å²) in [5.74, 6) is 0.985. The van der Waals surface area contributed by atoms with Gasteiger partial charge in [-0.1, -0.05) is 29.8 Å². The average Bonchev–Trinajstić information content (AvgIpc) is 3.13. The van der Waals surface area contributed by atoms with Crippen molar-refractivity contribution in [2.24, 2.45) is 0 Å². The molecule has 2 N–H and O–H groups in total. The van der Waals surface area contributed by atoms with Gasteiger partial charge in [0, 0.05) is 55.6 Å². The molecule has 0 atom stereocenters. The number of aromatic nitrogens is 1. The number of halogens is 1. The number of fused-ring (bicyclic) bond motifs is 2. The number of para-hydroxylation sites is 1. The average molecular weight is 469 g/mol. The molecule has 1 aromatic heterocycles. The lowest BCUT2D eigenvalue weighted by atomic mass is 10.2. The van der Waals surface area contributed by atoms with Crippen LogP contribution in [0.15, 0.2) is 42.5 Å². The summed E-state index contributed by atoms with van der Waals surface area (Å²) >= 11 is 6.33. The molecule has 2 amide bonds. The van der Waals surface area contributed by atoms with E-state index < -0.39 is 0 Å². The van der Waals surface area contributed by atoms with Crippen molar-refractivity contribution in [3.8, 4) is 11.5 Å². The zero-order valence-corrected chi connectivity index (χ0v) is 18.9. The van der Waals surface area contributed by atoms with Gasteiger partial charge in [0.2, 0.25) is 5.91 Å². The highest BCUT2D eigenvalue weighted by atomic mass is 35.5. The van der Waals surface area contributed by atoms with Gasteiger partial charge in [-0.15, -0.1) is 0 Å². The number of carbonyl (C=O) groups is 2. The Balaban J connectivity index is 1.15. The third-order valence-electron chi connectivity index (χ3n) is 5.90. The molecule has 2 aromatic carbocycles. The number of hydrogen-bond acceptors (Lipinski definition) is 5. The van der Waals surface area contributed by atoms with E-state index in [0.29, 0.717) is 67.3 Å². The first-order chi connectivity index (χ1) is 16.1. The van der Waals surface area contributed by atoms with E-state index in [1.165, 1.54) is 0 Å². The van der Waals surface area contributed by atoms with Crippen molar-refractivity contribution in [2.75, 3.05) is 51.3 Å². The fourth-order valence-electron chi connectivity index (χ4n) is 4.14. The van der Waals surface area contributed by atoms with E-state index in [9.17, 15) is 9.59 Å². The van der Waals surface area contributed by atoms with Crippen molar-refractivity contribution in [3.63, 3.8) is 0 Å². The fourth-order valence-corrected chi connectivity index (χ4v) is 4.34. The number of H-pyrrole nitrogens is 1. The Kier molecular flexibility index (Phi) is 6.11. The Morgan fingerprint density at radius 3 is 2.48 bits per heavy atom. The Morgan fingerprint density at radius 2 is 1.73 bits per heavy atom. The first kappa shape index (κ1) is 21.6. The summed E-state index contributed by atoms with van der Waals surface area (Å²) < 4.78 is 11.3. The number of piperazine rings is 1. The van der Waals surface area contributed by atoms with Gasteiger partial charge in [0.1, 0.15) is 5.69 Å². The van der Waals surface area contributed by atoms with Crippen molar-refractivity contribution in [2.45, 2.75) is 6.42 Å². The molecule has 0 unspecified atom stereocenters. The fraction of sp³-hybridized carbons (Fsp3) is 0.333. The molecule has 172 valence electrons. The minimum atomic E-state index is -0.165. The Labute approximate surface area is 196 Å². The van der Waals surface area contributed by atoms with Crippen molar-refractivity contribution >= 4 is 40.0 Å². The van der Waals surface area contributed by atoms with Gasteiger partial charge in [-0.3, -0.25) is 14.5 Å². The first-order valence-electron chi connectivity index (χ1n) is 11.1. The maximum atomic E-state index is 12.9. The topological polar surface area (TPSA) is 86.9 Å². The van der Waals surface area contributed by atoms with E-state index in [-0.39, 0.29) is 18.4 Å². The van der Waals surface area contributed by atoms with Gasteiger partial charge in [-0.25, -0.2) is 0 Å². The lowest BCUT2D eigenvalue weighted by molar-refractivity contribution is -0.117. The molecule has 2 aliphatic heterocycles. The van der Waals surface area contributed by atoms with Gasteiger partial charge < -0.3 is 24.7 Å². The summed E-state index contributed by atoms with van der Waals surface area (Å²) in [6.07, 6.45) is 0.794. The molecule has 0 bridgehead atoms. The number of amides is 2. The quantitative estimate of drug-likeness (QED) is 0.613. The molecular weight excluding hydrogens is 444 g/mol. The summed E-state index contributed by atoms with van der Waals surface area (Å²) in [6.45, 7) is 3.72. The Morgan fingerprint density at radius 1 is 1.00 bits per heavy atom. The summed E-state index contributed by atoms with van der Waals surface area (Å²) in [5.41, 5.74) is 2.04. The number of anilines is 1. The SMILES string of the molecule is O=C(CN1CCN(C(=O)c2cc3ccccc3[nH]2)CC1)Nc1cc2c(cc1Cl)OCCCO2. The molecule has 33 heavy (non-hydrogen) atoms. The van der Waals surface area contributed by atoms with Crippen LogP contribution in [0.5, 0.6) is 11.5 Å². The number of rotatable bonds is 4. The third kappa shape index (κ3) is 4.77. The van der Waals surface area contributed by atoms with Crippen LogP contribution >= 0.6 is 11.6 Å². The second-order valence-corrected chi connectivity index (χ2v) is 8.62. The van der Waals surface area contributed by atoms with Crippen LogP contribution < -0.4 is 14.8 Å². The summed E-state index contributed by atoms with van der Waals surface area (Å²) in [6, 6.07) is 13.1. The predicted molar refractivity (Wildman–Crippen MR) is 126 cm³/mol. The molecule has 1 fully saturated rings. The number of ether oxygens (including phenoxy) is 2. The largest absolute Gasteiger partial charge is 0.490 e. The molecule has 0 aliphatic carbocycles. The molecule has 3 aromatic rings. The van der Waals surface area contributed by atoms with Crippen LogP contribution in [-0.2, 0) is 4.79 Å². The van der Waals surface area contributed by atoms with Crippen LogP contribution in [0.25, 0.3) is 10.9 Å². The second kappa shape index (κ2) is 9.33. The molecule has 0 spiro atoms. The van der Waals surface area contributed by atoms with Crippen LogP contribution in [0.3, 0.4) is 0 Å². The highest BCUT2D eigenvalue weighted by Gasteiger charge is 2.25. The maximum Gasteiger partial charge on any atom is 0.270 e. The molecule has 5 rings (SSSR count). The molecule has 1 saturated heterocycles. The first-order valence-corrected chi connectivity index (χ1v) is 11.4. The number of benzene rings is 2. The van der Waals surface area contributed by atoms with Crippen LogP contribution in [0.1, 0.15) is 16.9 Å². The zero-order chi connectivity index (χ0) is 22.8. The molecule has 8 nitrogen and oxygen atoms in total. The van der Waals surface area contributed by atoms with E-state index >= 15 is 0 Å². The highest BCUT2D eigenvalue weighted by Crippen LogP contribution is 2.37. The van der Waals surface area contributed by atoms with Crippen molar-refractivity contribution in [1.29, 1.82) is 0 Å².